The Bertz CT molecular complexity index is 1390. The maximum absolute atomic E-state index is 12.6. The number of amides is 1. The first kappa shape index (κ1) is 21.6. The molecule has 0 bridgehead atoms. The van der Waals surface area contributed by atoms with E-state index in [1.54, 1.807) is 17.7 Å². The van der Waals surface area contributed by atoms with Crippen LogP contribution in [0.3, 0.4) is 0 Å². The molecule has 0 radical (unpaired) electrons. The van der Waals surface area contributed by atoms with Crippen LogP contribution >= 0.6 is 11.6 Å². The molecule has 0 aliphatic heterocycles. The molecule has 7 nitrogen and oxygen atoms in total. The first-order valence-electron chi connectivity index (χ1n) is 10.0. The Morgan fingerprint density at radius 1 is 1.12 bits per heavy atom. The van der Waals surface area contributed by atoms with Crippen molar-refractivity contribution in [2.75, 3.05) is 11.9 Å². The molecule has 0 saturated carbocycles. The molecule has 0 spiro atoms. The second-order valence-corrected chi connectivity index (χ2v) is 8.06. The van der Waals surface area contributed by atoms with E-state index in [1.807, 2.05) is 45.0 Å². The second-order valence-electron chi connectivity index (χ2n) is 7.66. The van der Waals surface area contributed by atoms with Crippen molar-refractivity contribution >= 4 is 34.2 Å². The van der Waals surface area contributed by atoms with Crippen molar-refractivity contribution in [3.05, 3.63) is 80.4 Å². The molecule has 164 valence electrons. The number of carbonyl (C=O) groups is 1. The normalized spacial score (nSPS) is 11.0. The fraction of sp³-hybridized carbons (Fsp3) is 0.208. The number of halogens is 1. The van der Waals surface area contributed by atoms with E-state index < -0.39 is 5.63 Å². The summed E-state index contributed by atoms with van der Waals surface area (Å²) in [4.78, 5) is 24.2. The minimum atomic E-state index is -0.461. The number of aryl methyl sites for hydroxylation is 3. The third-order valence-electron chi connectivity index (χ3n) is 5.20. The van der Waals surface area contributed by atoms with E-state index in [0.717, 1.165) is 22.5 Å². The number of nitrogens with zero attached hydrogens (tertiary/aromatic N) is 2. The van der Waals surface area contributed by atoms with Gasteiger partial charge < -0.3 is 14.5 Å². The lowest BCUT2D eigenvalue weighted by molar-refractivity contribution is -0.118. The minimum absolute atomic E-state index is 0.256. The molecule has 4 rings (SSSR count). The Hall–Kier alpha value is -3.58. The van der Waals surface area contributed by atoms with Crippen molar-refractivity contribution in [1.29, 1.82) is 0 Å². The fourth-order valence-electron chi connectivity index (χ4n) is 3.51. The van der Waals surface area contributed by atoms with Gasteiger partial charge in [-0.25, -0.2) is 9.48 Å². The molecule has 2 aromatic carbocycles. The van der Waals surface area contributed by atoms with Crippen LogP contribution in [0.15, 0.2) is 51.7 Å². The number of anilines is 1. The van der Waals surface area contributed by atoms with Gasteiger partial charge in [-0.3, -0.25) is 4.79 Å². The van der Waals surface area contributed by atoms with Gasteiger partial charge in [0.2, 0.25) is 0 Å². The fourth-order valence-corrected chi connectivity index (χ4v) is 3.73. The summed E-state index contributed by atoms with van der Waals surface area (Å²) in [6, 6.07) is 12.5. The van der Waals surface area contributed by atoms with Gasteiger partial charge in [-0.1, -0.05) is 29.3 Å². The maximum Gasteiger partial charge on any atom is 0.336 e. The van der Waals surface area contributed by atoms with Crippen LogP contribution in [0.25, 0.3) is 16.7 Å². The first-order chi connectivity index (χ1) is 15.2. The van der Waals surface area contributed by atoms with Crippen molar-refractivity contribution in [2.24, 2.45) is 0 Å². The van der Waals surface area contributed by atoms with Crippen molar-refractivity contribution < 1.29 is 13.9 Å². The molecular weight excluding hydrogens is 430 g/mol. The Balaban J connectivity index is 1.51. The van der Waals surface area contributed by atoms with Crippen molar-refractivity contribution in [3.63, 3.8) is 0 Å². The van der Waals surface area contributed by atoms with Gasteiger partial charge >= 0.3 is 5.63 Å². The van der Waals surface area contributed by atoms with Gasteiger partial charge in [-0.15, -0.1) is 0 Å². The lowest BCUT2D eigenvalue weighted by Gasteiger charge is -2.11. The Morgan fingerprint density at radius 3 is 2.56 bits per heavy atom. The molecule has 0 saturated heterocycles. The lowest BCUT2D eigenvalue weighted by atomic mass is 10.1. The topological polar surface area (TPSA) is 86.4 Å². The smallest absolute Gasteiger partial charge is 0.336 e. The van der Waals surface area contributed by atoms with E-state index >= 15 is 0 Å². The van der Waals surface area contributed by atoms with Crippen LogP contribution in [-0.4, -0.2) is 22.3 Å². The van der Waals surface area contributed by atoms with Crippen LogP contribution in [0.1, 0.15) is 22.5 Å². The monoisotopic (exact) mass is 451 g/mol. The third kappa shape index (κ3) is 4.24. The number of rotatable bonds is 5. The molecule has 0 unspecified atom stereocenters. The molecule has 4 aromatic rings. The van der Waals surface area contributed by atoms with Crippen LogP contribution in [0.4, 0.5) is 5.69 Å². The first-order valence-corrected chi connectivity index (χ1v) is 10.4. The van der Waals surface area contributed by atoms with Crippen LogP contribution in [-0.2, 0) is 4.79 Å². The molecule has 2 heterocycles. The van der Waals surface area contributed by atoms with Gasteiger partial charge in [0, 0.05) is 17.5 Å². The molecule has 32 heavy (non-hydrogen) atoms. The summed E-state index contributed by atoms with van der Waals surface area (Å²) in [6.45, 7) is 7.27. The summed E-state index contributed by atoms with van der Waals surface area (Å²) in [6.07, 6.45) is 0. The van der Waals surface area contributed by atoms with Gasteiger partial charge in [0.25, 0.3) is 5.91 Å². The standard InChI is InChI=1S/C24H22ClN3O4/c1-13-5-7-17(8-6-13)28-16(4)24(15(3)27-28)26-22(29)12-31-21-11-20-18(10-19(21)25)14(2)9-23(30)32-20/h5-11H,12H2,1-4H3,(H,26,29). The number of benzene rings is 2. The summed E-state index contributed by atoms with van der Waals surface area (Å²) in [5.41, 5.74) is 4.83. The Kier molecular flexibility index (Phi) is 5.76. The van der Waals surface area contributed by atoms with Crippen LogP contribution in [0.5, 0.6) is 5.75 Å². The predicted octanol–water partition coefficient (Wildman–Crippen LogP) is 4.88. The molecule has 2 aromatic heterocycles. The molecule has 1 amide bonds. The predicted molar refractivity (Wildman–Crippen MR) is 124 cm³/mol. The summed E-state index contributed by atoms with van der Waals surface area (Å²) in [5.74, 6) is -0.103. The zero-order valence-electron chi connectivity index (χ0n) is 18.2. The summed E-state index contributed by atoms with van der Waals surface area (Å²) < 4.78 is 12.6. The Labute approximate surface area is 189 Å². The minimum Gasteiger partial charge on any atom is -0.482 e. The SMILES string of the molecule is Cc1ccc(-n2nc(C)c(NC(=O)COc3cc4oc(=O)cc(C)c4cc3Cl)c2C)cc1. The average molecular weight is 452 g/mol. The van der Waals surface area contributed by atoms with E-state index in [2.05, 4.69) is 10.4 Å². The summed E-state index contributed by atoms with van der Waals surface area (Å²) >= 11 is 6.30. The highest BCUT2D eigenvalue weighted by atomic mass is 35.5. The molecule has 1 N–H and O–H groups in total. The second kappa shape index (κ2) is 8.51. The number of carbonyl (C=O) groups excluding carboxylic acids is 1. The number of hydrogen-bond acceptors (Lipinski definition) is 5. The lowest BCUT2D eigenvalue weighted by Crippen LogP contribution is -2.21. The highest BCUT2D eigenvalue weighted by Crippen LogP contribution is 2.31. The molecule has 0 atom stereocenters. The van der Waals surface area contributed by atoms with Crippen LogP contribution < -0.4 is 15.7 Å². The summed E-state index contributed by atoms with van der Waals surface area (Å²) in [5, 5.41) is 8.44. The van der Waals surface area contributed by atoms with E-state index in [9.17, 15) is 9.59 Å². The zero-order valence-corrected chi connectivity index (χ0v) is 18.9. The quantitative estimate of drug-likeness (QED) is 0.437. The number of hydrogen-bond donors (Lipinski definition) is 1. The average Bonchev–Trinajstić information content (AvgIpc) is 3.01. The van der Waals surface area contributed by atoms with Gasteiger partial charge in [0.1, 0.15) is 11.3 Å². The number of ether oxygens (including phenoxy) is 1. The number of fused-ring (bicyclic) bond motifs is 1. The van der Waals surface area contributed by atoms with E-state index in [1.165, 1.54) is 12.1 Å². The highest BCUT2D eigenvalue weighted by Gasteiger charge is 2.16. The number of nitrogens with one attached hydrogen (secondary N) is 1. The molecule has 0 fully saturated rings. The van der Waals surface area contributed by atoms with Gasteiger partial charge in [0.05, 0.1) is 27.8 Å². The zero-order chi connectivity index (χ0) is 23.0. The Morgan fingerprint density at radius 2 is 1.84 bits per heavy atom. The molecule has 0 aliphatic rings. The van der Waals surface area contributed by atoms with Gasteiger partial charge in [0.15, 0.2) is 6.61 Å². The summed E-state index contributed by atoms with van der Waals surface area (Å²) in [7, 11) is 0. The molecular formula is C24H22ClN3O4. The van der Waals surface area contributed by atoms with Gasteiger partial charge in [-0.05, 0) is 51.5 Å². The van der Waals surface area contributed by atoms with Crippen molar-refractivity contribution in [1.82, 2.24) is 9.78 Å². The maximum atomic E-state index is 12.6. The van der Waals surface area contributed by atoms with E-state index in [-0.39, 0.29) is 18.3 Å². The van der Waals surface area contributed by atoms with E-state index in [0.29, 0.717) is 27.4 Å². The van der Waals surface area contributed by atoms with Crippen LogP contribution in [0.2, 0.25) is 5.02 Å². The van der Waals surface area contributed by atoms with Gasteiger partial charge in [-0.2, -0.15) is 5.10 Å². The number of aromatic nitrogens is 2. The largest absolute Gasteiger partial charge is 0.482 e. The van der Waals surface area contributed by atoms with Crippen molar-refractivity contribution in [3.8, 4) is 11.4 Å². The third-order valence-corrected chi connectivity index (χ3v) is 5.49. The van der Waals surface area contributed by atoms with Crippen molar-refractivity contribution in [2.45, 2.75) is 27.7 Å². The molecule has 8 heteroatoms. The highest BCUT2D eigenvalue weighted by molar-refractivity contribution is 6.32. The van der Waals surface area contributed by atoms with Crippen LogP contribution in [0, 0.1) is 27.7 Å². The van der Waals surface area contributed by atoms with E-state index in [4.69, 9.17) is 20.8 Å². The molecule has 0 aliphatic carbocycles.